The first kappa shape index (κ1) is 12.0. The molecule has 3 nitrogen and oxygen atoms in total. The Morgan fingerprint density at radius 2 is 2.00 bits per heavy atom. The molecule has 0 amide bonds. The van der Waals surface area contributed by atoms with E-state index >= 15 is 0 Å². The molecule has 1 aliphatic rings. The lowest BCUT2D eigenvalue weighted by atomic mass is 10.2. The Labute approximate surface area is 102 Å². The first-order chi connectivity index (χ1) is 8.38. The maximum Gasteiger partial charge on any atom is 0.189 e. The van der Waals surface area contributed by atoms with Crippen LogP contribution in [-0.4, -0.2) is 19.9 Å². The van der Waals surface area contributed by atoms with Gasteiger partial charge < -0.3 is 15.2 Å². The van der Waals surface area contributed by atoms with Crippen LogP contribution in [0.4, 0.5) is 0 Å². The van der Waals surface area contributed by atoms with Crippen LogP contribution in [0, 0.1) is 17.8 Å². The van der Waals surface area contributed by atoms with Crippen LogP contribution >= 0.6 is 0 Å². The summed E-state index contributed by atoms with van der Waals surface area (Å²) < 4.78 is 10.8. The van der Waals surface area contributed by atoms with E-state index in [1.165, 1.54) is 12.8 Å². The summed E-state index contributed by atoms with van der Waals surface area (Å²) in [5.74, 6) is 7.34. The zero-order chi connectivity index (χ0) is 11.9. The van der Waals surface area contributed by atoms with Crippen LogP contribution in [0.15, 0.2) is 24.3 Å². The van der Waals surface area contributed by atoms with Crippen molar-refractivity contribution in [1.29, 1.82) is 0 Å². The number of benzene rings is 1. The molecule has 1 saturated carbocycles. The highest BCUT2D eigenvalue weighted by molar-refractivity contribution is 5.38. The molecule has 1 aromatic carbocycles. The SMILES string of the molecule is NCC#Cc1ccc(OCOCC2CC2)cc1. The molecule has 0 aromatic heterocycles. The first-order valence-corrected chi connectivity index (χ1v) is 5.88. The molecule has 0 atom stereocenters. The topological polar surface area (TPSA) is 44.5 Å². The van der Waals surface area contributed by atoms with Gasteiger partial charge in [0, 0.05) is 5.56 Å². The first-order valence-electron chi connectivity index (χ1n) is 5.88. The summed E-state index contributed by atoms with van der Waals surface area (Å²) in [6.07, 6.45) is 2.60. The van der Waals surface area contributed by atoms with Crippen molar-refractivity contribution >= 4 is 0 Å². The molecule has 3 heteroatoms. The predicted molar refractivity (Wildman–Crippen MR) is 66.5 cm³/mol. The average Bonchev–Trinajstić information content (AvgIpc) is 3.18. The molecule has 1 aliphatic carbocycles. The fourth-order valence-corrected chi connectivity index (χ4v) is 1.40. The zero-order valence-corrected chi connectivity index (χ0v) is 9.82. The van der Waals surface area contributed by atoms with Gasteiger partial charge in [0.15, 0.2) is 6.79 Å². The van der Waals surface area contributed by atoms with Crippen molar-refractivity contribution in [3.05, 3.63) is 29.8 Å². The molecule has 1 fully saturated rings. The highest BCUT2D eigenvalue weighted by Crippen LogP contribution is 2.28. The normalized spacial score (nSPS) is 13.9. The summed E-state index contributed by atoms with van der Waals surface area (Å²) in [5, 5.41) is 0. The van der Waals surface area contributed by atoms with Crippen molar-refractivity contribution in [2.45, 2.75) is 12.8 Å². The van der Waals surface area contributed by atoms with Crippen LogP contribution in [0.2, 0.25) is 0 Å². The predicted octanol–water partition coefficient (Wildman–Crippen LogP) is 1.76. The van der Waals surface area contributed by atoms with Gasteiger partial charge >= 0.3 is 0 Å². The van der Waals surface area contributed by atoms with Crippen molar-refractivity contribution in [3.63, 3.8) is 0 Å². The minimum Gasteiger partial charge on any atom is -0.468 e. The average molecular weight is 231 g/mol. The van der Waals surface area contributed by atoms with Crippen molar-refractivity contribution in [1.82, 2.24) is 0 Å². The minimum absolute atomic E-state index is 0.324. The van der Waals surface area contributed by atoms with E-state index in [1.54, 1.807) is 0 Å². The Hall–Kier alpha value is -1.50. The van der Waals surface area contributed by atoms with Gasteiger partial charge in [0.2, 0.25) is 0 Å². The fourth-order valence-electron chi connectivity index (χ4n) is 1.40. The molecule has 2 N–H and O–H groups in total. The van der Waals surface area contributed by atoms with Gasteiger partial charge in [-0.25, -0.2) is 0 Å². The van der Waals surface area contributed by atoms with Gasteiger partial charge in [-0.3, -0.25) is 0 Å². The van der Waals surface area contributed by atoms with Crippen molar-refractivity contribution < 1.29 is 9.47 Å². The zero-order valence-electron chi connectivity index (χ0n) is 9.82. The van der Waals surface area contributed by atoms with Crippen molar-refractivity contribution in [3.8, 4) is 17.6 Å². The van der Waals surface area contributed by atoms with Crippen LogP contribution in [0.25, 0.3) is 0 Å². The fraction of sp³-hybridized carbons (Fsp3) is 0.429. The third kappa shape index (κ3) is 4.48. The molecule has 0 radical (unpaired) electrons. The Balaban J connectivity index is 1.72. The summed E-state index contributed by atoms with van der Waals surface area (Å²) in [6.45, 7) is 1.53. The molecule has 0 bridgehead atoms. The van der Waals surface area contributed by atoms with E-state index in [9.17, 15) is 0 Å². The van der Waals surface area contributed by atoms with E-state index in [0.29, 0.717) is 13.3 Å². The molecule has 0 spiro atoms. The second-order valence-corrected chi connectivity index (χ2v) is 4.11. The van der Waals surface area contributed by atoms with E-state index in [4.69, 9.17) is 15.2 Å². The van der Waals surface area contributed by atoms with Gasteiger partial charge in [0.25, 0.3) is 0 Å². The second kappa shape index (κ2) is 6.29. The third-order valence-corrected chi connectivity index (χ3v) is 2.55. The van der Waals surface area contributed by atoms with Gasteiger partial charge in [0.05, 0.1) is 13.2 Å². The number of nitrogens with two attached hydrogens (primary N) is 1. The monoisotopic (exact) mass is 231 g/mol. The molecule has 0 heterocycles. The molecule has 0 aliphatic heterocycles. The molecule has 2 rings (SSSR count). The van der Waals surface area contributed by atoms with Gasteiger partial charge in [-0.1, -0.05) is 11.8 Å². The summed E-state index contributed by atoms with van der Waals surface area (Å²) in [5.41, 5.74) is 6.25. The minimum atomic E-state index is 0.324. The van der Waals surface area contributed by atoms with Gasteiger partial charge in [0.1, 0.15) is 5.75 Å². The van der Waals surface area contributed by atoms with E-state index in [0.717, 1.165) is 23.8 Å². The number of ether oxygens (including phenoxy) is 2. The molecule has 1 aromatic rings. The smallest absolute Gasteiger partial charge is 0.189 e. The summed E-state index contributed by atoms with van der Waals surface area (Å²) in [7, 11) is 0. The van der Waals surface area contributed by atoms with Crippen LogP contribution in [0.1, 0.15) is 18.4 Å². The van der Waals surface area contributed by atoms with Gasteiger partial charge in [-0.05, 0) is 43.0 Å². The van der Waals surface area contributed by atoms with Crippen LogP contribution in [0.5, 0.6) is 5.75 Å². The number of hydrogen-bond acceptors (Lipinski definition) is 3. The standard InChI is InChI=1S/C14H17NO2/c15-9-1-2-12-5-7-14(8-6-12)17-11-16-10-13-3-4-13/h5-8,13H,3-4,9-11,15H2. The summed E-state index contributed by atoms with van der Waals surface area (Å²) >= 11 is 0. The summed E-state index contributed by atoms with van der Waals surface area (Å²) in [6, 6.07) is 7.61. The van der Waals surface area contributed by atoms with Crippen LogP contribution in [-0.2, 0) is 4.74 Å². The molecule has 17 heavy (non-hydrogen) atoms. The Bertz CT molecular complexity index is 398. The maximum atomic E-state index is 5.45. The van der Waals surface area contributed by atoms with E-state index in [2.05, 4.69) is 11.8 Å². The maximum absolute atomic E-state index is 5.45. The molecular formula is C14H17NO2. The molecule has 0 saturated heterocycles. The second-order valence-electron chi connectivity index (χ2n) is 4.11. The highest BCUT2D eigenvalue weighted by Gasteiger charge is 2.20. The number of hydrogen-bond donors (Lipinski definition) is 1. The lowest BCUT2D eigenvalue weighted by molar-refractivity contribution is 0.00998. The molecular weight excluding hydrogens is 214 g/mol. The largest absolute Gasteiger partial charge is 0.468 e. The lowest BCUT2D eigenvalue weighted by Gasteiger charge is -2.06. The van der Waals surface area contributed by atoms with Crippen molar-refractivity contribution in [2.75, 3.05) is 19.9 Å². The van der Waals surface area contributed by atoms with Crippen LogP contribution < -0.4 is 10.5 Å². The Kier molecular flexibility index (Phi) is 4.43. The highest BCUT2D eigenvalue weighted by atomic mass is 16.7. The van der Waals surface area contributed by atoms with Crippen LogP contribution in [0.3, 0.4) is 0 Å². The Morgan fingerprint density at radius 1 is 1.24 bits per heavy atom. The van der Waals surface area contributed by atoms with E-state index < -0.39 is 0 Å². The van der Waals surface area contributed by atoms with E-state index in [-0.39, 0.29) is 0 Å². The van der Waals surface area contributed by atoms with Gasteiger partial charge in [-0.2, -0.15) is 0 Å². The Morgan fingerprint density at radius 3 is 2.65 bits per heavy atom. The molecule has 0 unspecified atom stereocenters. The van der Waals surface area contributed by atoms with E-state index in [1.807, 2.05) is 24.3 Å². The quantitative estimate of drug-likeness (QED) is 0.477. The van der Waals surface area contributed by atoms with Crippen molar-refractivity contribution in [2.24, 2.45) is 11.7 Å². The lowest BCUT2D eigenvalue weighted by Crippen LogP contribution is -2.04. The van der Waals surface area contributed by atoms with Gasteiger partial charge in [-0.15, -0.1) is 0 Å². The third-order valence-electron chi connectivity index (χ3n) is 2.55. The molecule has 90 valence electrons. The summed E-state index contributed by atoms with van der Waals surface area (Å²) in [4.78, 5) is 0. The number of rotatable bonds is 5.